The molecule has 2 aliphatic rings. The SMILES string of the molecule is CCN1CCN(c2cnc(Nc3cc4c(cn3)sc(C(=O)N(C)C)c4[C@H]3CC[C@H](C)CC3)nc2)CC1. The van der Waals surface area contributed by atoms with E-state index in [4.69, 9.17) is 0 Å². The van der Waals surface area contributed by atoms with E-state index in [0.717, 1.165) is 72.1 Å². The molecule has 0 bridgehead atoms. The van der Waals surface area contributed by atoms with Gasteiger partial charge < -0.3 is 20.0 Å². The Hall–Kier alpha value is -2.78. The summed E-state index contributed by atoms with van der Waals surface area (Å²) in [5.74, 6) is 2.49. The van der Waals surface area contributed by atoms with E-state index in [1.54, 1.807) is 16.2 Å². The smallest absolute Gasteiger partial charge is 0.263 e. The zero-order valence-electron chi connectivity index (χ0n) is 21.8. The summed E-state index contributed by atoms with van der Waals surface area (Å²) in [7, 11) is 3.66. The van der Waals surface area contributed by atoms with Crippen LogP contribution in [0.25, 0.3) is 10.1 Å². The summed E-state index contributed by atoms with van der Waals surface area (Å²) in [6.07, 6.45) is 10.3. The van der Waals surface area contributed by atoms with Crippen molar-refractivity contribution >= 4 is 44.8 Å². The molecule has 192 valence electrons. The number of thiophene rings is 1. The molecule has 1 saturated heterocycles. The number of amides is 1. The van der Waals surface area contributed by atoms with Gasteiger partial charge in [0.05, 0.1) is 27.7 Å². The molecule has 9 heteroatoms. The predicted molar refractivity (Wildman–Crippen MR) is 148 cm³/mol. The van der Waals surface area contributed by atoms with Gasteiger partial charge in [-0.05, 0) is 42.9 Å². The number of likely N-dealkylation sites (N-methyl/N-ethyl adjacent to an activating group) is 1. The molecule has 0 spiro atoms. The molecule has 1 aliphatic heterocycles. The van der Waals surface area contributed by atoms with Crippen molar-refractivity contribution in [3.05, 3.63) is 35.1 Å². The van der Waals surface area contributed by atoms with Gasteiger partial charge in [-0.3, -0.25) is 4.79 Å². The van der Waals surface area contributed by atoms with E-state index >= 15 is 0 Å². The average Bonchev–Trinajstić information content (AvgIpc) is 3.28. The third kappa shape index (κ3) is 5.18. The lowest BCUT2D eigenvalue weighted by atomic mass is 9.78. The van der Waals surface area contributed by atoms with E-state index in [-0.39, 0.29) is 5.91 Å². The summed E-state index contributed by atoms with van der Waals surface area (Å²) in [6.45, 7) is 9.77. The zero-order valence-corrected chi connectivity index (χ0v) is 22.6. The highest BCUT2D eigenvalue weighted by molar-refractivity contribution is 7.21. The molecule has 0 atom stereocenters. The second kappa shape index (κ2) is 10.7. The highest BCUT2D eigenvalue weighted by Gasteiger charge is 2.29. The van der Waals surface area contributed by atoms with Gasteiger partial charge in [0, 0.05) is 51.9 Å². The number of piperazine rings is 1. The highest BCUT2D eigenvalue weighted by atomic mass is 32.1. The largest absolute Gasteiger partial charge is 0.366 e. The lowest BCUT2D eigenvalue weighted by Crippen LogP contribution is -2.46. The Kier molecular flexibility index (Phi) is 7.39. The quantitative estimate of drug-likeness (QED) is 0.505. The minimum absolute atomic E-state index is 0.0815. The van der Waals surface area contributed by atoms with Crippen LogP contribution in [0.15, 0.2) is 24.7 Å². The topological polar surface area (TPSA) is 77.5 Å². The Bertz CT molecular complexity index is 1190. The number of anilines is 3. The number of pyridine rings is 1. The number of hydrogen-bond acceptors (Lipinski definition) is 8. The number of nitrogens with one attached hydrogen (secondary N) is 1. The summed E-state index contributed by atoms with van der Waals surface area (Å²) >= 11 is 1.57. The van der Waals surface area contributed by atoms with Crippen molar-refractivity contribution in [2.75, 3.05) is 57.0 Å². The summed E-state index contributed by atoms with van der Waals surface area (Å²) in [5.41, 5.74) is 2.26. The van der Waals surface area contributed by atoms with Crippen LogP contribution >= 0.6 is 11.3 Å². The first-order chi connectivity index (χ1) is 17.4. The van der Waals surface area contributed by atoms with E-state index in [2.05, 4.69) is 50.0 Å². The summed E-state index contributed by atoms with van der Waals surface area (Å²) < 4.78 is 1.06. The van der Waals surface area contributed by atoms with E-state index in [9.17, 15) is 4.79 Å². The summed E-state index contributed by atoms with van der Waals surface area (Å²) in [6, 6.07) is 2.08. The molecular weight excluding hydrogens is 470 g/mol. The molecule has 2 fully saturated rings. The van der Waals surface area contributed by atoms with Crippen molar-refractivity contribution < 1.29 is 4.79 Å². The molecule has 0 unspecified atom stereocenters. The third-order valence-electron chi connectivity index (χ3n) is 7.70. The lowest BCUT2D eigenvalue weighted by molar-refractivity contribution is 0.0830. The predicted octanol–water partition coefficient (Wildman–Crippen LogP) is 4.97. The molecule has 0 aromatic carbocycles. The lowest BCUT2D eigenvalue weighted by Gasteiger charge is -2.35. The molecule has 0 radical (unpaired) electrons. The van der Waals surface area contributed by atoms with Crippen molar-refractivity contribution in [1.82, 2.24) is 24.8 Å². The van der Waals surface area contributed by atoms with E-state index in [1.165, 1.54) is 18.4 Å². The first-order valence-electron chi connectivity index (χ1n) is 13.1. The van der Waals surface area contributed by atoms with Crippen molar-refractivity contribution in [2.24, 2.45) is 5.92 Å². The zero-order chi connectivity index (χ0) is 25.2. The van der Waals surface area contributed by atoms with Crippen LogP contribution in [0, 0.1) is 5.92 Å². The maximum Gasteiger partial charge on any atom is 0.263 e. The van der Waals surface area contributed by atoms with Gasteiger partial charge >= 0.3 is 0 Å². The molecule has 5 rings (SSSR count). The van der Waals surface area contributed by atoms with E-state index in [0.29, 0.717) is 17.7 Å². The van der Waals surface area contributed by atoms with E-state index in [1.807, 2.05) is 32.7 Å². The maximum absolute atomic E-state index is 13.1. The fourth-order valence-electron chi connectivity index (χ4n) is 5.39. The molecule has 1 N–H and O–H groups in total. The Labute approximate surface area is 217 Å². The Morgan fingerprint density at radius 2 is 1.75 bits per heavy atom. The maximum atomic E-state index is 13.1. The molecule has 36 heavy (non-hydrogen) atoms. The fraction of sp³-hybridized carbons (Fsp3) is 0.556. The molecule has 8 nitrogen and oxygen atoms in total. The van der Waals surface area contributed by atoms with Crippen molar-refractivity contribution in [3.8, 4) is 0 Å². The minimum Gasteiger partial charge on any atom is -0.366 e. The van der Waals surface area contributed by atoms with Crippen LogP contribution in [-0.4, -0.2) is 77.5 Å². The molecule has 1 saturated carbocycles. The van der Waals surface area contributed by atoms with Crippen molar-refractivity contribution in [1.29, 1.82) is 0 Å². The van der Waals surface area contributed by atoms with Crippen molar-refractivity contribution in [2.45, 2.75) is 45.4 Å². The van der Waals surface area contributed by atoms with Gasteiger partial charge in [0.2, 0.25) is 5.95 Å². The number of carbonyl (C=O) groups is 1. The average molecular weight is 508 g/mol. The van der Waals surface area contributed by atoms with E-state index < -0.39 is 0 Å². The minimum atomic E-state index is 0.0815. The van der Waals surface area contributed by atoms with Crippen LogP contribution in [0.3, 0.4) is 0 Å². The number of aromatic nitrogens is 3. The van der Waals surface area contributed by atoms with Gasteiger partial charge in [0.25, 0.3) is 5.91 Å². The van der Waals surface area contributed by atoms with Crippen LogP contribution in [0.4, 0.5) is 17.5 Å². The number of fused-ring (bicyclic) bond motifs is 1. The van der Waals surface area contributed by atoms with Gasteiger partial charge in [0.15, 0.2) is 0 Å². The number of carbonyl (C=O) groups excluding carboxylic acids is 1. The monoisotopic (exact) mass is 507 g/mol. The van der Waals surface area contributed by atoms with Crippen LogP contribution in [-0.2, 0) is 0 Å². The molecule has 3 aromatic rings. The summed E-state index contributed by atoms with van der Waals surface area (Å²) in [4.78, 5) is 34.2. The van der Waals surface area contributed by atoms with Gasteiger partial charge in [-0.15, -0.1) is 11.3 Å². The Morgan fingerprint density at radius 3 is 2.39 bits per heavy atom. The molecular formula is C27H37N7OS. The van der Waals surface area contributed by atoms with Crippen LogP contribution in [0.1, 0.15) is 60.7 Å². The van der Waals surface area contributed by atoms with Gasteiger partial charge in [-0.25, -0.2) is 15.0 Å². The van der Waals surface area contributed by atoms with Crippen LogP contribution in [0.5, 0.6) is 0 Å². The molecule has 1 amide bonds. The summed E-state index contributed by atoms with van der Waals surface area (Å²) in [5, 5.41) is 4.42. The Balaban J connectivity index is 1.39. The van der Waals surface area contributed by atoms with Gasteiger partial charge in [-0.1, -0.05) is 26.7 Å². The standard InChI is InChI=1S/C27H37N7OS/c1-5-33-10-12-34(13-11-33)20-15-29-27(30-16-20)31-23-14-21-22(17-28-23)36-25(26(35)32(3)4)24(21)19-8-6-18(2)7-9-19/h14-19H,5-13H2,1-4H3,(H,28,29,30,31)/t18-,19-. The number of nitrogens with zero attached hydrogens (tertiary/aromatic N) is 6. The molecule has 4 heterocycles. The second-order valence-corrected chi connectivity index (χ2v) is 11.4. The first kappa shape index (κ1) is 24.9. The molecule has 3 aromatic heterocycles. The van der Waals surface area contributed by atoms with Gasteiger partial charge in [0.1, 0.15) is 5.82 Å². The Morgan fingerprint density at radius 1 is 1.06 bits per heavy atom. The first-order valence-corrected chi connectivity index (χ1v) is 13.9. The fourth-order valence-corrected chi connectivity index (χ4v) is 6.65. The van der Waals surface area contributed by atoms with Crippen molar-refractivity contribution in [3.63, 3.8) is 0 Å². The normalized spacial score (nSPS) is 21.1. The highest BCUT2D eigenvalue weighted by Crippen LogP contribution is 2.44. The van der Waals surface area contributed by atoms with Gasteiger partial charge in [-0.2, -0.15) is 0 Å². The number of rotatable bonds is 6. The van der Waals surface area contributed by atoms with Crippen LogP contribution < -0.4 is 10.2 Å². The van der Waals surface area contributed by atoms with Crippen LogP contribution in [0.2, 0.25) is 0 Å². The third-order valence-corrected chi connectivity index (χ3v) is 8.85. The molecule has 1 aliphatic carbocycles. The second-order valence-electron chi connectivity index (χ2n) is 10.4. The number of hydrogen-bond donors (Lipinski definition) is 1.